The van der Waals surface area contributed by atoms with Crippen molar-refractivity contribution in [3.05, 3.63) is 90.1 Å². The number of para-hydroxylation sites is 1. The Hall–Kier alpha value is -3.66. The number of aromatic nitrogens is 3. The number of nitrogens with zero attached hydrogens (tertiary/aromatic N) is 3. The first kappa shape index (κ1) is 17.4. The smallest absolute Gasteiger partial charge is 0.123 e. The molecule has 0 amide bonds. The van der Waals surface area contributed by atoms with Crippen LogP contribution in [0, 0.1) is 6.92 Å². The normalized spacial score (nSPS) is 11.2. The molecular formula is C25H21N3O. The molecule has 3 aromatic carbocycles. The molecule has 3 aromatic rings. The van der Waals surface area contributed by atoms with E-state index in [-0.39, 0.29) is 0 Å². The predicted molar refractivity (Wildman–Crippen MR) is 116 cm³/mol. The van der Waals surface area contributed by atoms with E-state index >= 15 is 0 Å². The highest BCUT2D eigenvalue weighted by Gasteiger charge is 2.20. The second-order valence-corrected chi connectivity index (χ2v) is 7.27. The molecule has 142 valence electrons. The lowest BCUT2D eigenvalue weighted by Gasteiger charge is -2.17. The van der Waals surface area contributed by atoms with E-state index in [9.17, 15) is 0 Å². The Kier molecular flexibility index (Phi) is 4.24. The fraction of sp³-hybridized carbons (Fsp3) is 0.120. The van der Waals surface area contributed by atoms with Crippen LogP contribution in [0.2, 0.25) is 0 Å². The Morgan fingerprint density at radius 1 is 0.862 bits per heavy atom. The fourth-order valence-electron chi connectivity index (χ4n) is 3.91. The lowest BCUT2D eigenvalue weighted by Crippen LogP contribution is -2.05. The molecule has 2 aliphatic rings. The van der Waals surface area contributed by atoms with Crippen molar-refractivity contribution in [2.45, 2.75) is 13.5 Å². The Morgan fingerprint density at radius 2 is 1.62 bits per heavy atom. The van der Waals surface area contributed by atoms with Crippen molar-refractivity contribution in [3.63, 3.8) is 0 Å². The first-order chi connectivity index (χ1) is 14.2. The zero-order valence-corrected chi connectivity index (χ0v) is 16.5. The monoisotopic (exact) mass is 379 g/mol. The van der Waals surface area contributed by atoms with E-state index in [0.717, 1.165) is 44.7 Å². The van der Waals surface area contributed by atoms with Gasteiger partial charge in [-0.25, -0.2) is 0 Å². The van der Waals surface area contributed by atoms with Crippen molar-refractivity contribution >= 4 is 10.9 Å². The second-order valence-electron chi connectivity index (χ2n) is 7.27. The first-order valence-electron chi connectivity index (χ1n) is 9.68. The standard InChI is InChI=1S/C25H21N3O/c1-17-12-13-22-20(14-17)25-21(24(26-27-25)18-8-4-3-5-9-18)16-28(22)15-19-10-6-7-11-23(19)29-2/h3-14,16H,15H2,1-2H3. The summed E-state index contributed by atoms with van der Waals surface area (Å²) < 4.78 is 7.84. The summed E-state index contributed by atoms with van der Waals surface area (Å²) in [6.45, 7) is 2.82. The van der Waals surface area contributed by atoms with Crippen LogP contribution >= 0.6 is 0 Å². The molecule has 0 radical (unpaired) electrons. The number of rotatable bonds is 4. The van der Waals surface area contributed by atoms with Gasteiger partial charge in [0.1, 0.15) is 17.1 Å². The van der Waals surface area contributed by atoms with Crippen LogP contribution in [-0.2, 0) is 6.54 Å². The predicted octanol–water partition coefficient (Wildman–Crippen LogP) is 5.57. The molecule has 0 N–H and O–H groups in total. The minimum Gasteiger partial charge on any atom is -0.496 e. The average Bonchev–Trinajstić information content (AvgIpc) is 3.19. The molecule has 0 aromatic heterocycles. The molecule has 0 saturated heterocycles. The Morgan fingerprint density at radius 3 is 2.45 bits per heavy atom. The van der Waals surface area contributed by atoms with Gasteiger partial charge in [0, 0.05) is 28.3 Å². The lowest BCUT2D eigenvalue weighted by atomic mass is 10.0. The van der Waals surface area contributed by atoms with Gasteiger partial charge < -0.3 is 9.30 Å². The number of fused-ring (bicyclic) bond motifs is 3. The minimum absolute atomic E-state index is 0.707. The number of ether oxygens (including phenoxy) is 1. The van der Waals surface area contributed by atoms with E-state index in [1.54, 1.807) is 7.11 Å². The van der Waals surface area contributed by atoms with Gasteiger partial charge >= 0.3 is 0 Å². The fourth-order valence-corrected chi connectivity index (χ4v) is 3.91. The van der Waals surface area contributed by atoms with Crippen LogP contribution in [0.1, 0.15) is 11.1 Å². The molecule has 0 fully saturated rings. The molecule has 0 spiro atoms. The van der Waals surface area contributed by atoms with Gasteiger partial charge in [0.05, 0.1) is 19.2 Å². The molecule has 29 heavy (non-hydrogen) atoms. The number of methoxy groups -OCH3 is 1. The molecule has 4 nitrogen and oxygen atoms in total. The molecule has 5 rings (SSSR count). The third-order valence-corrected chi connectivity index (χ3v) is 5.34. The van der Waals surface area contributed by atoms with E-state index in [4.69, 9.17) is 4.74 Å². The quantitative estimate of drug-likeness (QED) is 0.410. The summed E-state index contributed by atoms with van der Waals surface area (Å²) in [6.07, 6.45) is 2.17. The molecule has 0 aliphatic carbocycles. The maximum absolute atomic E-state index is 5.58. The van der Waals surface area contributed by atoms with Gasteiger partial charge in [-0.2, -0.15) is 0 Å². The third-order valence-electron chi connectivity index (χ3n) is 5.34. The van der Waals surface area contributed by atoms with E-state index in [1.807, 2.05) is 36.4 Å². The van der Waals surface area contributed by atoms with Crippen molar-refractivity contribution in [1.29, 1.82) is 0 Å². The van der Waals surface area contributed by atoms with Gasteiger partial charge in [0.15, 0.2) is 0 Å². The molecule has 2 heterocycles. The van der Waals surface area contributed by atoms with Gasteiger partial charge in [-0.3, -0.25) is 0 Å². The average molecular weight is 379 g/mol. The first-order valence-corrected chi connectivity index (χ1v) is 9.68. The summed E-state index contributed by atoms with van der Waals surface area (Å²) in [5, 5.41) is 10.2. The van der Waals surface area contributed by atoms with Crippen molar-refractivity contribution in [1.82, 2.24) is 14.8 Å². The SMILES string of the molecule is COc1ccccc1Cn1cc2c(-c3ccccc3)nnc-2c2cc(C)ccc21. The molecule has 4 heteroatoms. The van der Waals surface area contributed by atoms with Crippen LogP contribution in [0.25, 0.3) is 33.4 Å². The highest BCUT2D eigenvalue weighted by Crippen LogP contribution is 2.37. The largest absolute Gasteiger partial charge is 0.496 e. The second kappa shape index (κ2) is 7.06. The van der Waals surface area contributed by atoms with Crippen LogP contribution in [0.15, 0.2) is 79.0 Å². The van der Waals surface area contributed by atoms with Crippen LogP contribution < -0.4 is 4.74 Å². The minimum atomic E-state index is 0.707. The summed E-state index contributed by atoms with van der Waals surface area (Å²) in [5.74, 6) is 0.891. The van der Waals surface area contributed by atoms with Gasteiger partial charge in [-0.15, -0.1) is 10.2 Å². The number of hydrogen-bond donors (Lipinski definition) is 0. The van der Waals surface area contributed by atoms with E-state index in [2.05, 4.69) is 64.3 Å². The number of hydrogen-bond acceptors (Lipinski definition) is 3. The number of benzene rings is 3. The topological polar surface area (TPSA) is 39.9 Å². The molecule has 0 atom stereocenters. The van der Waals surface area contributed by atoms with E-state index in [1.165, 1.54) is 5.56 Å². The highest BCUT2D eigenvalue weighted by atomic mass is 16.5. The number of pyridine rings is 1. The van der Waals surface area contributed by atoms with Gasteiger partial charge in [0.25, 0.3) is 0 Å². The summed E-state index contributed by atoms with van der Waals surface area (Å²) in [6, 6.07) is 24.9. The zero-order chi connectivity index (χ0) is 19.8. The van der Waals surface area contributed by atoms with Gasteiger partial charge in [0.2, 0.25) is 0 Å². The summed E-state index contributed by atoms with van der Waals surface area (Å²) >= 11 is 0. The summed E-state index contributed by atoms with van der Waals surface area (Å²) in [5.41, 5.74) is 7.47. The molecule has 0 saturated carbocycles. The Balaban J connectivity index is 1.76. The van der Waals surface area contributed by atoms with Crippen LogP contribution in [0.3, 0.4) is 0 Å². The third kappa shape index (κ3) is 3.03. The molecular weight excluding hydrogens is 358 g/mol. The van der Waals surface area contributed by atoms with E-state index in [0.29, 0.717) is 6.54 Å². The Labute approximate surface area is 169 Å². The summed E-state index contributed by atoms with van der Waals surface area (Å²) in [7, 11) is 1.71. The molecule has 0 unspecified atom stereocenters. The van der Waals surface area contributed by atoms with Crippen LogP contribution in [0.5, 0.6) is 5.75 Å². The van der Waals surface area contributed by atoms with E-state index < -0.39 is 0 Å². The zero-order valence-electron chi connectivity index (χ0n) is 16.5. The highest BCUT2D eigenvalue weighted by molar-refractivity contribution is 5.98. The van der Waals surface area contributed by atoms with Crippen molar-refractivity contribution in [2.75, 3.05) is 7.11 Å². The molecule has 2 aliphatic heterocycles. The van der Waals surface area contributed by atoms with Gasteiger partial charge in [-0.05, 0) is 25.1 Å². The van der Waals surface area contributed by atoms with Crippen LogP contribution in [0.4, 0.5) is 0 Å². The van der Waals surface area contributed by atoms with Crippen molar-refractivity contribution in [2.24, 2.45) is 0 Å². The van der Waals surface area contributed by atoms with Gasteiger partial charge in [-0.1, -0.05) is 60.2 Å². The maximum atomic E-state index is 5.58. The van der Waals surface area contributed by atoms with Crippen molar-refractivity contribution < 1.29 is 4.74 Å². The van der Waals surface area contributed by atoms with Crippen molar-refractivity contribution in [3.8, 4) is 28.3 Å². The maximum Gasteiger partial charge on any atom is 0.123 e. The lowest BCUT2D eigenvalue weighted by molar-refractivity contribution is 0.408. The summed E-state index contributed by atoms with van der Waals surface area (Å²) in [4.78, 5) is 0. The van der Waals surface area contributed by atoms with Crippen LogP contribution in [-0.4, -0.2) is 21.9 Å². The number of aryl methyl sites for hydroxylation is 1. The Bertz CT molecular complexity index is 1270. The molecule has 0 bridgehead atoms.